The van der Waals surface area contributed by atoms with E-state index in [2.05, 4.69) is 123 Å². The maximum Gasteiger partial charge on any atom is -0.00268 e. The predicted octanol–water partition coefficient (Wildman–Crippen LogP) is 19.5. The fourth-order valence-electron chi connectivity index (χ4n) is 5.23. The number of aryl methyl sites for hydroxylation is 2. The fourth-order valence-corrected chi connectivity index (χ4v) is 5.23. The molecule has 0 atom stereocenters. The predicted molar refractivity (Wildman–Crippen MR) is 255 cm³/mol. The summed E-state index contributed by atoms with van der Waals surface area (Å²) in [6, 6.07) is 39.2. The van der Waals surface area contributed by atoms with Crippen molar-refractivity contribution in [3.05, 3.63) is 120 Å². The summed E-state index contributed by atoms with van der Waals surface area (Å²) in [5.41, 5.74) is 2.77. The van der Waals surface area contributed by atoms with Crippen molar-refractivity contribution in [2.75, 3.05) is 0 Å². The molecule has 0 nitrogen and oxygen atoms in total. The first-order valence-corrected chi connectivity index (χ1v) is 21.2. The zero-order valence-corrected chi connectivity index (χ0v) is 38.4. The zero-order chi connectivity index (χ0) is 41.7. The molecule has 52 heavy (non-hydrogen) atoms. The highest BCUT2D eigenvalue weighted by Gasteiger charge is 2.07. The van der Waals surface area contributed by atoms with Gasteiger partial charge in [0.05, 0.1) is 0 Å². The topological polar surface area (TPSA) is 0 Å². The minimum absolute atomic E-state index is 1.34. The van der Waals surface area contributed by atoms with Crippen LogP contribution in [-0.2, 0) is 0 Å². The van der Waals surface area contributed by atoms with E-state index in [1.807, 2.05) is 138 Å². The van der Waals surface area contributed by atoms with E-state index in [4.69, 9.17) is 0 Å². The van der Waals surface area contributed by atoms with E-state index in [0.29, 0.717) is 0 Å². The van der Waals surface area contributed by atoms with Crippen molar-refractivity contribution in [2.24, 2.45) is 0 Å². The Morgan fingerprint density at radius 3 is 0.558 bits per heavy atom. The van der Waals surface area contributed by atoms with E-state index in [1.54, 1.807) is 0 Å². The molecule has 0 saturated carbocycles. The summed E-state index contributed by atoms with van der Waals surface area (Å²) >= 11 is 0. The highest BCUT2D eigenvalue weighted by Crippen LogP contribution is 2.34. The first-order chi connectivity index (χ1) is 25.7. The van der Waals surface area contributed by atoms with Crippen molar-refractivity contribution in [2.45, 2.75) is 152 Å². The minimum atomic E-state index is 1.34. The maximum atomic E-state index is 2.21. The molecule has 0 bridgehead atoms. The monoisotopic (exact) mass is 709 g/mol. The third-order valence-corrected chi connectivity index (χ3v) is 6.86. The van der Waals surface area contributed by atoms with Gasteiger partial charge in [-0.1, -0.05) is 248 Å². The summed E-state index contributed by atoms with van der Waals surface area (Å²) in [6.07, 6.45) is 0. The van der Waals surface area contributed by atoms with Gasteiger partial charge in [-0.2, -0.15) is 0 Å². The molecule has 7 aromatic rings. The molecule has 0 aliphatic carbocycles. The quantitative estimate of drug-likeness (QED) is 0.109. The normalized spacial score (nSPS) is 8.19. The van der Waals surface area contributed by atoms with Crippen LogP contribution in [0.15, 0.2) is 109 Å². The minimum Gasteiger partial charge on any atom is -0.0683 e. The van der Waals surface area contributed by atoms with Crippen LogP contribution in [0.25, 0.3) is 53.9 Å². The fraction of sp³-hybridized carbons (Fsp3) is 0.423. The van der Waals surface area contributed by atoms with Crippen LogP contribution in [0.2, 0.25) is 0 Å². The van der Waals surface area contributed by atoms with Gasteiger partial charge in [0.1, 0.15) is 0 Å². The summed E-state index contributed by atoms with van der Waals surface area (Å²) in [5, 5.41) is 13.6. The molecule has 0 aliphatic heterocycles. The number of fused-ring (bicyclic) bond motifs is 2. The van der Waals surface area contributed by atoms with Gasteiger partial charge < -0.3 is 0 Å². The molecule has 7 aromatic carbocycles. The average Bonchev–Trinajstić information content (AvgIpc) is 3.29. The van der Waals surface area contributed by atoms with Gasteiger partial charge in [-0.05, 0) is 78.8 Å². The number of rotatable bonds is 0. The highest BCUT2D eigenvalue weighted by molar-refractivity contribution is 6.22. The largest absolute Gasteiger partial charge is 0.0683 e. The second-order valence-corrected chi connectivity index (χ2v) is 8.63. The van der Waals surface area contributed by atoms with Crippen LogP contribution in [0.5, 0.6) is 0 Å². The van der Waals surface area contributed by atoms with E-state index in [-0.39, 0.29) is 0 Å². The Hall–Kier alpha value is -3.90. The van der Waals surface area contributed by atoms with Gasteiger partial charge in [0.2, 0.25) is 0 Å². The van der Waals surface area contributed by atoms with Gasteiger partial charge in [-0.25, -0.2) is 0 Å². The molecule has 0 unspecified atom stereocenters. The van der Waals surface area contributed by atoms with Crippen molar-refractivity contribution < 1.29 is 0 Å². The van der Waals surface area contributed by atoms with Gasteiger partial charge in [0.25, 0.3) is 0 Å². The van der Waals surface area contributed by atoms with Gasteiger partial charge in [0, 0.05) is 0 Å². The first kappa shape index (κ1) is 57.4. The molecular weight excluding hydrogens is 625 g/mol. The van der Waals surface area contributed by atoms with E-state index in [9.17, 15) is 0 Å². The molecule has 0 aliphatic rings. The van der Waals surface area contributed by atoms with Gasteiger partial charge >= 0.3 is 0 Å². The SMILES string of the molecule is CC.CC.CC.CC.CC.CC.CC.CC.CC.CC.Cc1c2ccccc2c(C)c2ccccc12.c1cc2ccc3cccc4ccc(c1)c2c34. The molecule has 0 aromatic heterocycles. The molecule has 0 amide bonds. The summed E-state index contributed by atoms with van der Waals surface area (Å²) in [7, 11) is 0. The molecule has 0 radical (unpaired) electrons. The second kappa shape index (κ2) is 39.9. The Labute approximate surface area is 325 Å². The molecule has 292 valence electrons. The third-order valence-electron chi connectivity index (χ3n) is 6.86. The lowest BCUT2D eigenvalue weighted by atomic mass is 9.93. The van der Waals surface area contributed by atoms with Gasteiger partial charge in [0.15, 0.2) is 0 Å². The number of hydrogen-bond donors (Lipinski definition) is 0. The molecule has 0 saturated heterocycles. The van der Waals surface area contributed by atoms with Crippen LogP contribution in [0.3, 0.4) is 0 Å². The van der Waals surface area contributed by atoms with Gasteiger partial charge in [-0.15, -0.1) is 0 Å². The summed E-state index contributed by atoms with van der Waals surface area (Å²) < 4.78 is 0. The molecule has 7 rings (SSSR count). The van der Waals surface area contributed by atoms with Gasteiger partial charge in [-0.3, -0.25) is 0 Å². The lowest BCUT2D eigenvalue weighted by Gasteiger charge is -2.11. The van der Waals surface area contributed by atoms with E-state index < -0.39 is 0 Å². The lowest BCUT2D eigenvalue weighted by Crippen LogP contribution is -1.87. The molecule has 0 heteroatoms. The van der Waals surface area contributed by atoms with Crippen molar-refractivity contribution in [3.8, 4) is 0 Å². The molecule has 0 fully saturated rings. The molecule has 0 N–H and O–H groups in total. The van der Waals surface area contributed by atoms with Crippen LogP contribution in [0, 0.1) is 13.8 Å². The van der Waals surface area contributed by atoms with Crippen molar-refractivity contribution in [1.29, 1.82) is 0 Å². The lowest BCUT2D eigenvalue weighted by molar-refractivity contribution is 1.50. The highest BCUT2D eigenvalue weighted by atomic mass is 14.1. The Kier molecular flexibility index (Phi) is 44.1. The average molecular weight is 709 g/mol. The first-order valence-electron chi connectivity index (χ1n) is 21.2. The Morgan fingerprint density at radius 2 is 0.385 bits per heavy atom. The third kappa shape index (κ3) is 16.2. The summed E-state index contributed by atoms with van der Waals surface area (Å²) in [4.78, 5) is 0. The summed E-state index contributed by atoms with van der Waals surface area (Å²) in [5.74, 6) is 0. The van der Waals surface area contributed by atoms with Crippen LogP contribution in [0.4, 0.5) is 0 Å². The van der Waals surface area contributed by atoms with Crippen LogP contribution >= 0.6 is 0 Å². The summed E-state index contributed by atoms with van der Waals surface area (Å²) in [6.45, 7) is 44.4. The zero-order valence-electron chi connectivity index (χ0n) is 38.4. The van der Waals surface area contributed by atoms with E-state index in [0.717, 1.165) is 0 Å². The molecular formula is C52H84. The Bertz CT molecular complexity index is 1490. The van der Waals surface area contributed by atoms with Crippen molar-refractivity contribution >= 4 is 53.9 Å². The van der Waals surface area contributed by atoms with Crippen LogP contribution < -0.4 is 0 Å². The number of hydrogen-bond acceptors (Lipinski definition) is 0. The Morgan fingerprint density at radius 1 is 0.212 bits per heavy atom. The maximum absolute atomic E-state index is 2.21. The smallest absolute Gasteiger partial charge is 0.00268 e. The van der Waals surface area contributed by atoms with Crippen LogP contribution in [0.1, 0.15) is 150 Å². The van der Waals surface area contributed by atoms with Crippen molar-refractivity contribution in [1.82, 2.24) is 0 Å². The van der Waals surface area contributed by atoms with Crippen LogP contribution in [-0.4, -0.2) is 0 Å². The Balaban J connectivity index is -0.000000192. The second-order valence-electron chi connectivity index (χ2n) is 8.63. The number of benzene rings is 7. The van der Waals surface area contributed by atoms with Crippen molar-refractivity contribution in [3.63, 3.8) is 0 Å². The van der Waals surface area contributed by atoms with E-state index >= 15 is 0 Å². The van der Waals surface area contributed by atoms with E-state index in [1.165, 1.54) is 65.0 Å². The molecule has 0 spiro atoms. The molecule has 0 heterocycles. The standard InChI is InChI=1S/C16H10.C16H14.10C2H6/c1-3-11-7-9-13-5-2-6-14-10-8-12(4-1)15(11)16(13)14;1-11-13-7-3-5-9-15(13)12(2)16-10-6-4-8-14(11)16;10*1-2/h1-10H;3-10H,1-2H3;10*1-2H3.